The highest BCUT2D eigenvalue weighted by Gasteiger charge is 2.13. The molecule has 0 unspecified atom stereocenters. The van der Waals surface area contributed by atoms with Crippen molar-refractivity contribution in [2.75, 3.05) is 0 Å². The summed E-state index contributed by atoms with van der Waals surface area (Å²) in [7, 11) is 1.89. The lowest BCUT2D eigenvalue weighted by atomic mass is 10.2. The van der Waals surface area contributed by atoms with Crippen molar-refractivity contribution in [2.24, 2.45) is 7.05 Å². The summed E-state index contributed by atoms with van der Waals surface area (Å²) in [5.74, 6) is 0.691. The molecule has 82 valence electrons. The number of aromatic nitrogens is 5. The lowest BCUT2D eigenvalue weighted by Gasteiger charge is -1.97. The van der Waals surface area contributed by atoms with Crippen LogP contribution in [-0.4, -0.2) is 25.0 Å². The van der Waals surface area contributed by atoms with E-state index >= 15 is 0 Å². The second kappa shape index (κ2) is 3.42. The third-order valence-corrected chi connectivity index (χ3v) is 2.68. The molecule has 6 nitrogen and oxygen atoms in total. The molecule has 1 aromatic carbocycles. The van der Waals surface area contributed by atoms with E-state index in [2.05, 4.69) is 26.5 Å². The molecule has 0 bridgehead atoms. The van der Waals surface area contributed by atoms with Crippen LogP contribution in [0.3, 0.4) is 0 Å². The zero-order chi connectivity index (χ0) is 11.8. The van der Waals surface area contributed by atoms with Gasteiger partial charge in [-0.2, -0.15) is 20.7 Å². The maximum atomic E-state index is 9.03. The van der Waals surface area contributed by atoms with Crippen molar-refractivity contribution in [3.8, 4) is 17.6 Å². The summed E-state index contributed by atoms with van der Waals surface area (Å²) in [6.45, 7) is 0. The van der Waals surface area contributed by atoms with E-state index in [0.29, 0.717) is 22.6 Å². The molecule has 0 aliphatic carbocycles. The molecule has 0 atom stereocenters. The van der Waals surface area contributed by atoms with E-state index < -0.39 is 0 Å². The van der Waals surface area contributed by atoms with E-state index in [-0.39, 0.29) is 0 Å². The predicted molar refractivity (Wildman–Crippen MR) is 60.8 cm³/mol. The second-order valence-electron chi connectivity index (χ2n) is 3.63. The first kappa shape index (κ1) is 9.54. The number of aryl methyl sites for hydroxylation is 1. The Morgan fingerprint density at radius 2 is 2.29 bits per heavy atom. The lowest BCUT2D eigenvalue weighted by Crippen LogP contribution is -1.92. The molecular weight excluding hydrogens is 216 g/mol. The van der Waals surface area contributed by atoms with E-state index in [1.165, 1.54) is 0 Å². The lowest BCUT2D eigenvalue weighted by molar-refractivity contribution is 0.919. The number of hydrogen-bond donors (Lipinski definition) is 1. The van der Waals surface area contributed by atoms with E-state index in [1.807, 2.05) is 23.7 Å². The van der Waals surface area contributed by atoms with E-state index in [9.17, 15) is 0 Å². The van der Waals surface area contributed by atoms with Crippen LogP contribution in [0, 0.1) is 11.3 Å². The fourth-order valence-electron chi connectivity index (χ4n) is 1.84. The Hall–Kier alpha value is -2.68. The van der Waals surface area contributed by atoms with Gasteiger partial charge >= 0.3 is 0 Å². The molecule has 0 spiro atoms. The van der Waals surface area contributed by atoms with Crippen molar-refractivity contribution < 1.29 is 0 Å². The second-order valence-corrected chi connectivity index (χ2v) is 3.63. The summed E-state index contributed by atoms with van der Waals surface area (Å²) in [6.07, 6.45) is 1.60. The number of benzene rings is 1. The maximum absolute atomic E-state index is 9.03. The standard InChI is InChI=1S/C11H8N6/c1-17-9-4-2-3-7(5-12)10(9)14-11(17)8-6-13-16-15-8/h2-4,6H,1H3,(H,13,15,16). The number of nitrogens with one attached hydrogen (secondary N) is 1. The molecule has 2 heterocycles. The Morgan fingerprint density at radius 1 is 1.41 bits per heavy atom. The van der Waals surface area contributed by atoms with Crippen molar-refractivity contribution in [2.45, 2.75) is 0 Å². The fraction of sp³-hybridized carbons (Fsp3) is 0.0909. The van der Waals surface area contributed by atoms with Gasteiger partial charge in [0, 0.05) is 7.05 Å². The quantitative estimate of drug-likeness (QED) is 0.673. The minimum Gasteiger partial charge on any atom is -0.326 e. The van der Waals surface area contributed by atoms with Crippen LogP contribution in [0.5, 0.6) is 0 Å². The molecule has 0 radical (unpaired) electrons. The first-order chi connectivity index (χ1) is 8.31. The molecule has 0 saturated carbocycles. The highest BCUT2D eigenvalue weighted by Crippen LogP contribution is 2.23. The summed E-state index contributed by atoms with van der Waals surface area (Å²) in [6, 6.07) is 7.65. The third kappa shape index (κ3) is 1.29. The van der Waals surface area contributed by atoms with Crippen LogP contribution in [0.1, 0.15) is 5.56 Å². The smallest absolute Gasteiger partial charge is 0.163 e. The fourth-order valence-corrected chi connectivity index (χ4v) is 1.84. The maximum Gasteiger partial charge on any atom is 0.163 e. The molecule has 0 fully saturated rings. The van der Waals surface area contributed by atoms with Gasteiger partial charge in [0.2, 0.25) is 0 Å². The molecule has 3 rings (SSSR count). The summed E-state index contributed by atoms with van der Waals surface area (Å²) < 4.78 is 1.90. The number of hydrogen-bond acceptors (Lipinski definition) is 4. The largest absolute Gasteiger partial charge is 0.326 e. The van der Waals surface area contributed by atoms with Gasteiger partial charge in [0.1, 0.15) is 17.3 Å². The molecule has 0 aliphatic rings. The van der Waals surface area contributed by atoms with E-state index in [1.54, 1.807) is 12.3 Å². The van der Waals surface area contributed by atoms with Gasteiger partial charge in [0.05, 0.1) is 17.3 Å². The van der Waals surface area contributed by atoms with Gasteiger partial charge in [-0.1, -0.05) is 6.07 Å². The molecule has 3 aromatic rings. The average Bonchev–Trinajstić information content (AvgIpc) is 2.97. The Morgan fingerprint density at radius 3 is 3.00 bits per heavy atom. The van der Waals surface area contributed by atoms with Gasteiger partial charge in [0.15, 0.2) is 5.82 Å². The number of fused-ring (bicyclic) bond motifs is 1. The first-order valence-corrected chi connectivity index (χ1v) is 5.03. The monoisotopic (exact) mass is 224 g/mol. The first-order valence-electron chi connectivity index (χ1n) is 5.03. The predicted octanol–water partition coefficient (Wildman–Crippen LogP) is 1.23. The van der Waals surface area contributed by atoms with Crippen LogP contribution in [0.25, 0.3) is 22.6 Å². The number of para-hydroxylation sites is 1. The average molecular weight is 224 g/mol. The number of nitriles is 1. The van der Waals surface area contributed by atoms with Crippen LogP contribution >= 0.6 is 0 Å². The SMILES string of the molecule is Cn1c(-c2cn[nH]n2)nc2c(C#N)cccc21. The number of imidazole rings is 1. The highest BCUT2D eigenvalue weighted by atomic mass is 15.3. The molecule has 0 amide bonds. The van der Waals surface area contributed by atoms with Crippen LogP contribution in [0.15, 0.2) is 24.4 Å². The molecule has 0 aliphatic heterocycles. The Labute approximate surface area is 96.5 Å². The molecule has 1 N–H and O–H groups in total. The third-order valence-electron chi connectivity index (χ3n) is 2.68. The van der Waals surface area contributed by atoms with Crippen LogP contribution in [0.2, 0.25) is 0 Å². The molecule has 0 saturated heterocycles. The summed E-state index contributed by atoms with van der Waals surface area (Å²) >= 11 is 0. The number of nitrogens with zero attached hydrogens (tertiary/aromatic N) is 5. The minimum absolute atomic E-state index is 0.563. The zero-order valence-electron chi connectivity index (χ0n) is 9.05. The number of rotatable bonds is 1. The van der Waals surface area contributed by atoms with Crippen molar-refractivity contribution in [3.63, 3.8) is 0 Å². The van der Waals surface area contributed by atoms with Gasteiger partial charge in [-0.15, -0.1) is 0 Å². The molecule has 17 heavy (non-hydrogen) atoms. The number of H-pyrrole nitrogens is 1. The summed E-state index contributed by atoms with van der Waals surface area (Å²) in [5, 5.41) is 19.3. The summed E-state index contributed by atoms with van der Waals surface area (Å²) in [4.78, 5) is 4.44. The topological polar surface area (TPSA) is 83.2 Å². The van der Waals surface area contributed by atoms with Crippen molar-refractivity contribution >= 4 is 11.0 Å². The minimum atomic E-state index is 0.563. The summed E-state index contributed by atoms with van der Waals surface area (Å²) in [5.41, 5.74) is 2.82. The number of aromatic amines is 1. The Balaban J connectivity index is 2.37. The Kier molecular flexibility index (Phi) is 1.92. The normalized spacial score (nSPS) is 10.6. The zero-order valence-corrected chi connectivity index (χ0v) is 9.05. The van der Waals surface area contributed by atoms with E-state index in [0.717, 1.165) is 5.52 Å². The van der Waals surface area contributed by atoms with Crippen LogP contribution in [-0.2, 0) is 7.05 Å². The van der Waals surface area contributed by atoms with Crippen LogP contribution in [0.4, 0.5) is 0 Å². The molecular formula is C11H8N6. The van der Waals surface area contributed by atoms with Crippen molar-refractivity contribution in [1.29, 1.82) is 5.26 Å². The Bertz CT molecular complexity index is 716. The molecule has 6 heteroatoms. The highest BCUT2D eigenvalue weighted by molar-refractivity contribution is 5.84. The van der Waals surface area contributed by atoms with E-state index in [4.69, 9.17) is 5.26 Å². The van der Waals surface area contributed by atoms with Gasteiger partial charge in [0.25, 0.3) is 0 Å². The van der Waals surface area contributed by atoms with Gasteiger partial charge < -0.3 is 4.57 Å². The van der Waals surface area contributed by atoms with Gasteiger partial charge in [-0.25, -0.2) is 4.98 Å². The van der Waals surface area contributed by atoms with Gasteiger partial charge in [-0.3, -0.25) is 0 Å². The van der Waals surface area contributed by atoms with Crippen molar-refractivity contribution in [3.05, 3.63) is 30.0 Å². The molecule has 2 aromatic heterocycles. The van der Waals surface area contributed by atoms with Crippen LogP contribution < -0.4 is 0 Å². The van der Waals surface area contributed by atoms with Crippen molar-refractivity contribution in [1.82, 2.24) is 25.0 Å². The van der Waals surface area contributed by atoms with Gasteiger partial charge in [-0.05, 0) is 12.1 Å².